The molecule has 2 aliphatic carbocycles. The smallest absolute Gasteiger partial charge is 0.416 e. The van der Waals surface area contributed by atoms with Gasteiger partial charge in [-0.3, -0.25) is 9.69 Å². The molecule has 9 heteroatoms. The number of halogens is 3. The summed E-state index contributed by atoms with van der Waals surface area (Å²) in [6, 6.07) is 5.44. The predicted molar refractivity (Wildman–Crippen MR) is 129 cm³/mol. The van der Waals surface area contributed by atoms with E-state index in [1.807, 2.05) is 11.8 Å². The van der Waals surface area contributed by atoms with Crippen LogP contribution in [0.1, 0.15) is 51.5 Å². The molecule has 0 bridgehead atoms. The number of hydrogen-bond donors (Lipinski definition) is 1. The maximum atomic E-state index is 13.1. The van der Waals surface area contributed by atoms with E-state index >= 15 is 0 Å². The summed E-state index contributed by atoms with van der Waals surface area (Å²) in [4.78, 5) is 17.2. The molecule has 1 aromatic carbocycles. The topological polar surface area (TPSA) is 62.2 Å². The van der Waals surface area contributed by atoms with Gasteiger partial charge in [0.25, 0.3) is 0 Å². The van der Waals surface area contributed by atoms with Gasteiger partial charge in [-0.05, 0) is 57.2 Å². The van der Waals surface area contributed by atoms with Crippen LogP contribution in [0.25, 0.3) is 0 Å². The molecule has 6 nitrogen and oxygen atoms in total. The van der Waals surface area contributed by atoms with E-state index in [1.165, 1.54) is 12.1 Å². The highest BCUT2D eigenvalue weighted by atomic mass is 19.4. The van der Waals surface area contributed by atoms with Gasteiger partial charge in [-0.2, -0.15) is 13.2 Å². The highest BCUT2D eigenvalue weighted by molar-refractivity contribution is 5.75. The molecule has 6 unspecified atom stereocenters. The Morgan fingerprint density at radius 3 is 2.53 bits per heavy atom. The molecule has 1 N–H and O–H groups in total. The molecule has 0 aromatic heterocycles. The molecule has 1 aromatic rings. The molecule has 4 fully saturated rings. The minimum absolute atomic E-state index is 0.0790. The van der Waals surface area contributed by atoms with Crippen LogP contribution in [0, 0.1) is 17.3 Å². The van der Waals surface area contributed by atoms with Gasteiger partial charge >= 0.3 is 12.1 Å². The Morgan fingerprint density at radius 2 is 1.86 bits per heavy atom. The van der Waals surface area contributed by atoms with Gasteiger partial charge in [0.15, 0.2) is 0 Å². The highest BCUT2D eigenvalue weighted by Gasteiger charge is 2.67. The number of nitrogens with zero attached hydrogens (tertiary/aromatic N) is 2. The SMILES string of the molecule is COC1(C)CCCC2(C)CC3OC(=O)C(CN4CCN(c5cccc(C(F)(F)F)c5)CC4)C3CC21O. The van der Waals surface area contributed by atoms with Crippen molar-refractivity contribution in [1.29, 1.82) is 0 Å². The van der Waals surface area contributed by atoms with Crippen LogP contribution < -0.4 is 4.90 Å². The number of methoxy groups -OCH3 is 1. The van der Waals surface area contributed by atoms with Crippen LogP contribution in [-0.4, -0.2) is 73.1 Å². The third-order valence-electron chi connectivity index (χ3n) is 9.82. The standard InChI is InChI=1S/C27H37F3N2O4/c1-24-8-5-9-25(2,35-3)26(24,34)15-20-21(23(33)36-22(20)16-24)17-31-10-12-32(13-11-31)19-7-4-6-18(14-19)27(28,29)30/h4,6-7,14,20-22,34H,5,8-13,15-17H2,1-3H3. The quantitative estimate of drug-likeness (QED) is 0.616. The minimum Gasteiger partial charge on any atom is -0.462 e. The van der Waals surface area contributed by atoms with Crippen molar-refractivity contribution in [1.82, 2.24) is 4.90 Å². The van der Waals surface area contributed by atoms with Crippen molar-refractivity contribution in [3.8, 4) is 0 Å². The number of ether oxygens (including phenoxy) is 2. The largest absolute Gasteiger partial charge is 0.462 e. The van der Waals surface area contributed by atoms with E-state index in [0.29, 0.717) is 51.3 Å². The first kappa shape index (κ1) is 25.8. The van der Waals surface area contributed by atoms with Crippen molar-refractivity contribution in [2.75, 3.05) is 44.7 Å². The number of alkyl halides is 3. The zero-order valence-electron chi connectivity index (χ0n) is 21.3. The molecule has 2 saturated heterocycles. The monoisotopic (exact) mass is 510 g/mol. The molecule has 5 rings (SSSR count). The van der Waals surface area contributed by atoms with Crippen molar-refractivity contribution in [2.24, 2.45) is 17.3 Å². The number of benzene rings is 1. The average Bonchev–Trinajstić information content (AvgIpc) is 3.11. The zero-order valence-corrected chi connectivity index (χ0v) is 21.3. The molecule has 0 spiro atoms. The zero-order chi connectivity index (χ0) is 25.9. The fourth-order valence-electron chi connectivity index (χ4n) is 7.44. The normalized spacial score (nSPS) is 39.5. The number of carbonyl (C=O) groups excluding carboxylic acids is 1. The molecule has 200 valence electrons. The number of aliphatic hydroxyl groups is 1. The van der Waals surface area contributed by atoms with Gasteiger partial charge in [0, 0.05) is 56.9 Å². The van der Waals surface area contributed by atoms with Gasteiger partial charge in [0.2, 0.25) is 0 Å². The maximum absolute atomic E-state index is 13.1. The van der Waals surface area contributed by atoms with Crippen LogP contribution in [0.4, 0.5) is 18.9 Å². The van der Waals surface area contributed by atoms with Crippen LogP contribution in [-0.2, 0) is 20.4 Å². The first-order valence-electron chi connectivity index (χ1n) is 13.0. The third kappa shape index (κ3) is 4.11. The van der Waals surface area contributed by atoms with Gasteiger partial charge < -0.3 is 19.5 Å². The maximum Gasteiger partial charge on any atom is 0.416 e. The Labute approximate surface area is 210 Å². The molecule has 36 heavy (non-hydrogen) atoms. The van der Waals surface area contributed by atoms with E-state index in [9.17, 15) is 23.1 Å². The number of carbonyl (C=O) groups is 1. The molecule has 2 saturated carbocycles. The predicted octanol–water partition coefficient (Wildman–Crippen LogP) is 4.11. The first-order chi connectivity index (χ1) is 16.9. The van der Waals surface area contributed by atoms with E-state index < -0.39 is 22.9 Å². The van der Waals surface area contributed by atoms with Crippen molar-refractivity contribution >= 4 is 11.7 Å². The minimum atomic E-state index is -4.37. The second-order valence-corrected chi connectivity index (χ2v) is 11.7. The summed E-state index contributed by atoms with van der Waals surface area (Å²) in [7, 11) is 1.66. The molecule has 6 atom stereocenters. The Balaban J connectivity index is 1.26. The number of rotatable bonds is 4. The number of fused-ring (bicyclic) bond motifs is 2. The summed E-state index contributed by atoms with van der Waals surface area (Å²) in [6.07, 6.45) is -0.825. The van der Waals surface area contributed by atoms with Crippen molar-refractivity contribution in [2.45, 2.75) is 69.4 Å². The van der Waals surface area contributed by atoms with Gasteiger partial charge in [-0.1, -0.05) is 13.0 Å². The van der Waals surface area contributed by atoms with Gasteiger partial charge in [-0.15, -0.1) is 0 Å². The van der Waals surface area contributed by atoms with Gasteiger partial charge in [-0.25, -0.2) is 0 Å². The molecular weight excluding hydrogens is 473 g/mol. The second kappa shape index (κ2) is 8.88. The van der Waals surface area contributed by atoms with Crippen LogP contribution >= 0.6 is 0 Å². The van der Waals surface area contributed by atoms with E-state index in [4.69, 9.17) is 9.47 Å². The van der Waals surface area contributed by atoms with Crippen LogP contribution in [0.2, 0.25) is 0 Å². The number of hydrogen-bond acceptors (Lipinski definition) is 6. The fraction of sp³-hybridized carbons (Fsp3) is 0.741. The molecule has 2 aliphatic heterocycles. The highest BCUT2D eigenvalue weighted by Crippen LogP contribution is 2.61. The van der Waals surface area contributed by atoms with Crippen molar-refractivity contribution < 1.29 is 32.5 Å². The Hall–Kier alpha value is -1.84. The van der Waals surface area contributed by atoms with E-state index in [-0.39, 0.29) is 29.3 Å². The Kier molecular flexibility index (Phi) is 6.36. The van der Waals surface area contributed by atoms with E-state index in [0.717, 1.165) is 25.3 Å². The Morgan fingerprint density at radius 1 is 1.14 bits per heavy atom. The molecule has 2 heterocycles. The second-order valence-electron chi connectivity index (χ2n) is 11.7. The van der Waals surface area contributed by atoms with Crippen molar-refractivity contribution in [3.63, 3.8) is 0 Å². The van der Waals surface area contributed by atoms with Crippen molar-refractivity contribution in [3.05, 3.63) is 29.8 Å². The lowest BCUT2D eigenvalue weighted by atomic mass is 9.49. The Bertz CT molecular complexity index is 997. The first-order valence-corrected chi connectivity index (χ1v) is 13.0. The lowest BCUT2D eigenvalue weighted by Gasteiger charge is -2.62. The number of anilines is 1. The number of esters is 1. The fourth-order valence-corrected chi connectivity index (χ4v) is 7.44. The summed E-state index contributed by atoms with van der Waals surface area (Å²) in [5.74, 6) is -0.605. The lowest BCUT2D eigenvalue weighted by molar-refractivity contribution is -0.270. The summed E-state index contributed by atoms with van der Waals surface area (Å²) in [5.41, 5.74) is -2.16. The molecule has 0 radical (unpaired) electrons. The van der Waals surface area contributed by atoms with Gasteiger partial charge in [0.1, 0.15) is 6.10 Å². The summed E-state index contributed by atoms with van der Waals surface area (Å²) in [5, 5.41) is 12.1. The lowest BCUT2D eigenvalue weighted by Crippen LogP contribution is -2.69. The van der Waals surface area contributed by atoms with Crippen LogP contribution in [0.5, 0.6) is 0 Å². The summed E-state index contributed by atoms with van der Waals surface area (Å²) in [6.45, 7) is 7.09. The molecule has 0 amide bonds. The average molecular weight is 511 g/mol. The third-order valence-corrected chi connectivity index (χ3v) is 9.82. The van der Waals surface area contributed by atoms with Gasteiger partial charge in [0.05, 0.1) is 22.7 Å². The summed E-state index contributed by atoms with van der Waals surface area (Å²) >= 11 is 0. The van der Waals surface area contributed by atoms with Crippen LogP contribution in [0.3, 0.4) is 0 Å². The molecular formula is C27H37F3N2O4. The molecule has 4 aliphatic rings. The number of piperazine rings is 1. The summed E-state index contributed by atoms with van der Waals surface area (Å²) < 4.78 is 51.2. The van der Waals surface area contributed by atoms with Crippen LogP contribution in [0.15, 0.2) is 24.3 Å². The van der Waals surface area contributed by atoms with E-state index in [1.54, 1.807) is 13.2 Å². The van der Waals surface area contributed by atoms with E-state index in [2.05, 4.69) is 11.8 Å².